The summed E-state index contributed by atoms with van der Waals surface area (Å²) in [6.45, 7) is 7.88. The lowest BCUT2D eigenvalue weighted by Crippen LogP contribution is -2.50. The van der Waals surface area contributed by atoms with E-state index < -0.39 is 5.41 Å². The van der Waals surface area contributed by atoms with Crippen LogP contribution in [-0.4, -0.2) is 53.7 Å². The highest BCUT2D eigenvalue weighted by atomic mass is 16.2. The van der Waals surface area contributed by atoms with Gasteiger partial charge >= 0.3 is 0 Å². The van der Waals surface area contributed by atoms with Crippen molar-refractivity contribution >= 4 is 17.7 Å². The first-order valence-corrected chi connectivity index (χ1v) is 10.2. The molecule has 3 amide bonds. The highest BCUT2D eigenvalue weighted by Gasteiger charge is 2.38. The van der Waals surface area contributed by atoms with Gasteiger partial charge < -0.3 is 15.1 Å². The molecule has 2 saturated heterocycles. The standard InChI is InChI=1S/C22H31N3O3/c1-22(2,3)21(28)24-12-7-10-17(15-24)20(27)25-13-11-23-19(26)14-18(25)16-8-5-4-6-9-16/h4-6,8-9,17-18H,7,10-15H2,1-3H3,(H,23,26)/t17-,18-/m1/s1. The molecule has 0 aliphatic carbocycles. The molecule has 28 heavy (non-hydrogen) atoms. The van der Waals surface area contributed by atoms with Crippen LogP contribution < -0.4 is 5.32 Å². The molecule has 0 spiro atoms. The van der Waals surface area contributed by atoms with Gasteiger partial charge in [-0.3, -0.25) is 14.4 Å². The summed E-state index contributed by atoms with van der Waals surface area (Å²) in [4.78, 5) is 42.0. The van der Waals surface area contributed by atoms with Gasteiger partial charge in [0.05, 0.1) is 18.4 Å². The number of likely N-dealkylation sites (tertiary alicyclic amines) is 1. The Hall–Kier alpha value is -2.37. The molecule has 2 fully saturated rings. The van der Waals surface area contributed by atoms with E-state index in [1.54, 1.807) is 0 Å². The second-order valence-corrected chi connectivity index (χ2v) is 8.85. The third-order valence-electron chi connectivity index (χ3n) is 5.60. The van der Waals surface area contributed by atoms with Crippen LogP contribution in [0.4, 0.5) is 0 Å². The summed E-state index contributed by atoms with van der Waals surface area (Å²) in [7, 11) is 0. The zero-order chi connectivity index (χ0) is 20.3. The molecule has 2 aliphatic rings. The first-order chi connectivity index (χ1) is 13.3. The molecule has 0 unspecified atom stereocenters. The molecule has 0 radical (unpaired) electrons. The molecule has 2 heterocycles. The maximum atomic E-state index is 13.5. The SMILES string of the molecule is CC(C)(C)C(=O)N1CCC[C@@H](C(=O)N2CCNC(=O)C[C@@H]2c2ccccc2)C1. The minimum Gasteiger partial charge on any atom is -0.354 e. The lowest BCUT2D eigenvalue weighted by atomic mass is 9.90. The number of carbonyl (C=O) groups excluding carboxylic acids is 3. The molecule has 1 aromatic rings. The molecule has 1 aromatic carbocycles. The van der Waals surface area contributed by atoms with Gasteiger partial charge in [0.1, 0.15) is 0 Å². The molecule has 0 saturated carbocycles. The number of carbonyl (C=O) groups is 3. The molecule has 6 nitrogen and oxygen atoms in total. The summed E-state index contributed by atoms with van der Waals surface area (Å²) in [6, 6.07) is 9.49. The number of benzene rings is 1. The van der Waals surface area contributed by atoms with E-state index >= 15 is 0 Å². The molecule has 0 bridgehead atoms. The van der Waals surface area contributed by atoms with Gasteiger partial charge in [0, 0.05) is 31.6 Å². The Morgan fingerprint density at radius 3 is 2.50 bits per heavy atom. The molecule has 2 aliphatic heterocycles. The van der Waals surface area contributed by atoms with Crippen molar-refractivity contribution in [2.24, 2.45) is 11.3 Å². The molecule has 0 aromatic heterocycles. The highest BCUT2D eigenvalue weighted by Crippen LogP contribution is 2.30. The fourth-order valence-corrected chi connectivity index (χ4v) is 4.14. The average Bonchev–Trinajstić information content (AvgIpc) is 2.88. The Bertz CT molecular complexity index is 726. The number of nitrogens with one attached hydrogen (secondary N) is 1. The molecule has 152 valence electrons. The van der Waals surface area contributed by atoms with E-state index in [0.717, 1.165) is 18.4 Å². The average molecular weight is 386 g/mol. The van der Waals surface area contributed by atoms with Gasteiger partial charge in [-0.2, -0.15) is 0 Å². The Morgan fingerprint density at radius 1 is 1.11 bits per heavy atom. The lowest BCUT2D eigenvalue weighted by molar-refractivity contribution is -0.146. The van der Waals surface area contributed by atoms with E-state index in [1.807, 2.05) is 60.9 Å². The van der Waals surface area contributed by atoms with Crippen LogP contribution in [-0.2, 0) is 14.4 Å². The fraction of sp³-hybridized carbons (Fsp3) is 0.591. The van der Waals surface area contributed by atoms with Crippen LogP contribution in [0.25, 0.3) is 0 Å². The normalized spacial score (nSPS) is 23.8. The van der Waals surface area contributed by atoms with Crippen LogP contribution in [0.2, 0.25) is 0 Å². The summed E-state index contributed by atoms with van der Waals surface area (Å²) >= 11 is 0. The maximum Gasteiger partial charge on any atom is 0.228 e. The van der Waals surface area contributed by atoms with Gasteiger partial charge in [-0.1, -0.05) is 51.1 Å². The Kier molecular flexibility index (Phi) is 6.06. The van der Waals surface area contributed by atoms with Gasteiger partial charge in [-0.15, -0.1) is 0 Å². The van der Waals surface area contributed by atoms with E-state index in [1.165, 1.54) is 0 Å². The van der Waals surface area contributed by atoms with Gasteiger partial charge in [0.2, 0.25) is 17.7 Å². The minimum atomic E-state index is -0.448. The second-order valence-electron chi connectivity index (χ2n) is 8.85. The van der Waals surface area contributed by atoms with Crippen LogP contribution in [0.1, 0.15) is 51.6 Å². The second kappa shape index (κ2) is 8.33. The Morgan fingerprint density at radius 2 is 1.82 bits per heavy atom. The van der Waals surface area contributed by atoms with Crippen molar-refractivity contribution in [1.82, 2.24) is 15.1 Å². The van der Waals surface area contributed by atoms with Gasteiger partial charge in [0.15, 0.2) is 0 Å². The maximum absolute atomic E-state index is 13.5. The smallest absolute Gasteiger partial charge is 0.228 e. The molecule has 6 heteroatoms. The summed E-state index contributed by atoms with van der Waals surface area (Å²) in [5.41, 5.74) is 0.530. The monoisotopic (exact) mass is 385 g/mol. The first-order valence-electron chi connectivity index (χ1n) is 10.2. The third-order valence-corrected chi connectivity index (χ3v) is 5.60. The van der Waals surface area contributed by atoms with Crippen LogP contribution in [0.15, 0.2) is 30.3 Å². The van der Waals surface area contributed by atoms with E-state index in [-0.39, 0.29) is 36.1 Å². The minimum absolute atomic E-state index is 0.0302. The summed E-state index contributed by atoms with van der Waals surface area (Å²) in [5.74, 6) is -0.0918. The number of amides is 3. The zero-order valence-corrected chi connectivity index (χ0v) is 17.1. The van der Waals surface area contributed by atoms with Crippen LogP contribution in [0, 0.1) is 11.3 Å². The number of nitrogens with zero attached hydrogens (tertiary/aromatic N) is 2. The van der Waals surface area contributed by atoms with Crippen molar-refractivity contribution in [3.63, 3.8) is 0 Å². The van der Waals surface area contributed by atoms with E-state index in [9.17, 15) is 14.4 Å². The third kappa shape index (κ3) is 4.54. The first kappa shape index (κ1) is 20.4. The zero-order valence-electron chi connectivity index (χ0n) is 17.1. The van der Waals surface area contributed by atoms with Crippen LogP contribution in [0.5, 0.6) is 0 Å². The number of rotatable bonds is 2. The summed E-state index contributed by atoms with van der Waals surface area (Å²) < 4.78 is 0. The fourth-order valence-electron chi connectivity index (χ4n) is 4.14. The van der Waals surface area contributed by atoms with Crippen molar-refractivity contribution < 1.29 is 14.4 Å². The van der Waals surface area contributed by atoms with E-state index in [0.29, 0.717) is 26.2 Å². The van der Waals surface area contributed by atoms with Gasteiger partial charge in [0.25, 0.3) is 0 Å². The predicted molar refractivity (Wildman–Crippen MR) is 107 cm³/mol. The van der Waals surface area contributed by atoms with Crippen molar-refractivity contribution in [1.29, 1.82) is 0 Å². The predicted octanol–water partition coefficient (Wildman–Crippen LogP) is 2.36. The Balaban J connectivity index is 1.80. The van der Waals surface area contributed by atoms with Gasteiger partial charge in [-0.05, 0) is 18.4 Å². The largest absolute Gasteiger partial charge is 0.354 e. The van der Waals surface area contributed by atoms with E-state index in [4.69, 9.17) is 0 Å². The Labute approximate surface area is 167 Å². The molecule has 3 rings (SSSR count). The summed E-state index contributed by atoms with van der Waals surface area (Å²) in [5, 5.41) is 2.88. The van der Waals surface area contributed by atoms with Gasteiger partial charge in [-0.25, -0.2) is 0 Å². The van der Waals surface area contributed by atoms with Crippen molar-refractivity contribution in [3.05, 3.63) is 35.9 Å². The van der Waals surface area contributed by atoms with Crippen molar-refractivity contribution in [2.75, 3.05) is 26.2 Å². The summed E-state index contributed by atoms with van der Waals surface area (Å²) in [6.07, 6.45) is 1.89. The lowest BCUT2D eigenvalue weighted by Gasteiger charge is -2.39. The number of piperidine rings is 1. The number of hydrogen-bond acceptors (Lipinski definition) is 3. The van der Waals surface area contributed by atoms with E-state index in [2.05, 4.69) is 5.32 Å². The van der Waals surface area contributed by atoms with Crippen molar-refractivity contribution in [3.8, 4) is 0 Å². The van der Waals surface area contributed by atoms with Crippen molar-refractivity contribution in [2.45, 2.75) is 46.1 Å². The van der Waals surface area contributed by atoms with Crippen LogP contribution in [0.3, 0.4) is 0 Å². The molecule has 2 atom stereocenters. The molecular weight excluding hydrogens is 354 g/mol. The molecule has 1 N–H and O–H groups in total. The molecular formula is C22H31N3O3. The topological polar surface area (TPSA) is 69.7 Å². The van der Waals surface area contributed by atoms with Crippen LogP contribution >= 0.6 is 0 Å². The number of hydrogen-bond donors (Lipinski definition) is 1. The quantitative estimate of drug-likeness (QED) is 0.850. The highest BCUT2D eigenvalue weighted by molar-refractivity contribution is 5.85.